The highest BCUT2D eigenvalue weighted by molar-refractivity contribution is 7.80. The van der Waals surface area contributed by atoms with E-state index >= 15 is 0 Å². The third kappa shape index (κ3) is 3.98. The van der Waals surface area contributed by atoms with Gasteiger partial charge in [-0.15, -0.1) is 0 Å². The Balaban J connectivity index is 1.80. The SMILES string of the molecule is CCOc1ccc(N2C(=O)C(=Cc3ccc(C(=O)OC)cc3)NC2=S)cc1. The van der Waals surface area contributed by atoms with Crippen molar-refractivity contribution in [1.29, 1.82) is 0 Å². The summed E-state index contributed by atoms with van der Waals surface area (Å²) >= 11 is 5.31. The van der Waals surface area contributed by atoms with Crippen molar-refractivity contribution < 1.29 is 19.1 Å². The minimum absolute atomic E-state index is 0.249. The summed E-state index contributed by atoms with van der Waals surface area (Å²) in [6, 6.07) is 13.9. The molecule has 1 fully saturated rings. The number of methoxy groups -OCH3 is 1. The highest BCUT2D eigenvalue weighted by Crippen LogP contribution is 2.25. The average Bonchev–Trinajstić information content (AvgIpc) is 2.96. The summed E-state index contributed by atoms with van der Waals surface area (Å²) in [5, 5.41) is 3.24. The topological polar surface area (TPSA) is 67.9 Å². The molecule has 1 aliphatic heterocycles. The van der Waals surface area contributed by atoms with Crippen molar-refractivity contribution in [2.45, 2.75) is 6.92 Å². The van der Waals surface area contributed by atoms with Gasteiger partial charge in [-0.05, 0) is 67.2 Å². The van der Waals surface area contributed by atoms with Gasteiger partial charge in [-0.25, -0.2) is 4.79 Å². The lowest BCUT2D eigenvalue weighted by molar-refractivity contribution is -0.113. The molecule has 1 saturated heterocycles. The van der Waals surface area contributed by atoms with Crippen molar-refractivity contribution in [2.75, 3.05) is 18.6 Å². The van der Waals surface area contributed by atoms with Crippen LogP contribution in [0.2, 0.25) is 0 Å². The van der Waals surface area contributed by atoms with Gasteiger partial charge < -0.3 is 14.8 Å². The van der Waals surface area contributed by atoms with Gasteiger partial charge in [0.1, 0.15) is 11.4 Å². The third-order valence-electron chi connectivity index (χ3n) is 3.93. The van der Waals surface area contributed by atoms with Crippen LogP contribution in [0.3, 0.4) is 0 Å². The van der Waals surface area contributed by atoms with E-state index in [1.807, 2.05) is 6.92 Å². The van der Waals surface area contributed by atoms with E-state index in [4.69, 9.17) is 17.0 Å². The van der Waals surface area contributed by atoms with Gasteiger partial charge in [0.15, 0.2) is 5.11 Å². The number of benzene rings is 2. The molecule has 0 aliphatic carbocycles. The van der Waals surface area contributed by atoms with Crippen molar-refractivity contribution in [3.8, 4) is 5.75 Å². The number of carbonyl (C=O) groups is 2. The maximum absolute atomic E-state index is 12.8. The molecule has 138 valence electrons. The molecule has 0 bridgehead atoms. The fourth-order valence-electron chi connectivity index (χ4n) is 2.63. The summed E-state index contributed by atoms with van der Waals surface area (Å²) in [6.45, 7) is 2.48. The fraction of sp³-hybridized carbons (Fsp3) is 0.150. The second kappa shape index (κ2) is 8.01. The van der Waals surface area contributed by atoms with Crippen molar-refractivity contribution in [1.82, 2.24) is 5.32 Å². The van der Waals surface area contributed by atoms with Gasteiger partial charge in [0.2, 0.25) is 0 Å². The van der Waals surface area contributed by atoms with Gasteiger partial charge >= 0.3 is 5.97 Å². The van der Waals surface area contributed by atoms with E-state index in [-0.39, 0.29) is 5.91 Å². The zero-order chi connectivity index (χ0) is 19.4. The maximum Gasteiger partial charge on any atom is 0.337 e. The number of ether oxygens (including phenoxy) is 2. The first-order chi connectivity index (χ1) is 13.0. The maximum atomic E-state index is 12.8. The molecule has 2 aromatic rings. The lowest BCUT2D eigenvalue weighted by Crippen LogP contribution is -2.30. The minimum atomic E-state index is -0.410. The summed E-state index contributed by atoms with van der Waals surface area (Å²) < 4.78 is 10.1. The van der Waals surface area contributed by atoms with Gasteiger partial charge in [0.25, 0.3) is 5.91 Å². The Morgan fingerprint density at radius 3 is 2.41 bits per heavy atom. The minimum Gasteiger partial charge on any atom is -0.494 e. The largest absolute Gasteiger partial charge is 0.494 e. The lowest BCUT2D eigenvalue weighted by Gasteiger charge is -2.14. The molecule has 1 heterocycles. The van der Waals surface area contributed by atoms with E-state index in [1.54, 1.807) is 54.6 Å². The van der Waals surface area contributed by atoms with Crippen LogP contribution in [0.25, 0.3) is 6.08 Å². The molecule has 3 rings (SSSR count). The van der Waals surface area contributed by atoms with Crippen molar-refractivity contribution in [3.05, 3.63) is 65.4 Å². The van der Waals surface area contributed by atoms with Crippen molar-refractivity contribution in [2.24, 2.45) is 0 Å². The number of nitrogens with one attached hydrogen (secondary N) is 1. The zero-order valence-corrected chi connectivity index (χ0v) is 15.7. The Morgan fingerprint density at radius 2 is 1.81 bits per heavy atom. The molecule has 0 spiro atoms. The molecule has 0 aromatic heterocycles. The van der Waals surface area contributed by atoms with E-state index in [0.717, 1.165) is 11.3 Å². The molecule has 0 radical (unpaired) electrons. The van der Waals surface area contributed by atoms with Crippen LogP contribution in [0, 0.1) is 0 Å². The molecule has 0 atom stereocenters. The molecule has 1 N–H and O–H groups in total. The Morgan fingerprint density at radius 1 is 1.15 bits per heavy atom. The van der Waals surface area contributed by atoms with Gasteiger partial charge in [0.05, 0.1) is 25.0 Å². The smallest absolute Gasteiger partial charge is 0.337 e. The summed E-state index contributed by atoms with van der Waals surface area (Å²) in [5.41, 5.74) is 2.22. The van der Waals surface area contributed by atoms with Gasteiger partial charge in [0, 0.05) is 0 Å². The number of rotatable bonds is 5. The lowest BCUT2D eigenvalue weighted by atomic mass is 10.1. The van der Waals surface area contributed by atoms with Crippen LogP contribution < -0.4 is 15.0 Å². The van der Waals surface area contributed by atoms with E-state index in [2.05, 4.69) is 10.1 Å². The molecule has 27 heavy (non-hydrogen) atoms. The van der Waals surface area contributed by atoms with E-state index < -0.39 is 5.97 Å². The molecule has 7 heteroatoms. The standard InChI is InChI=1S/C20H18N2O4S/c1-3-26-16-10-8-15(9-11-16)22-18(23)17(21-20(22)27)12-13-4-6-14(7-5-13)19(24)25-2/h4-12H,3H2,1-2H3,(H,21,27). The summed E-state index contributed by atoms with van der Waals surface area (Å²) in [7, 11) is 1.33. The van der Waals surface area contributed by atoms with Crippen LogP contribution in [-0.4, -0.2) is 30.7 Å². The number of thiocarbonyl (C=S) groups is 1. The summed E-state index contributed by atoms with van der Waals surface area (Å²) in [5.74, 6) is 0.0709. The monoisotopic (exact) mass is 382 g/mol. The third-order valence-corrected chi connectivity index (χ3v) is 4.21. The van der Waals surface area contributed by atoms with E-state index in [0.29, 0.717) is 28.7 Å². The van der Waals surface area contributed by atoms with Crippen LogP contribution in [-0.2, 0) is 9.53 Å². The first-order valence-electron chi connectivity index (χ1n) is 8.32. The van der Waals surface area contributed by atoms with E-state index in [1.165, 1.54) is 12.0 Å². The molecule has 0 saturated carbocycles. The zero-order valence-electron chi connectivity index (χ0n) is 14.9. The van der Waals surface area contributed by atoms with Crippen LogP contribution in [0.5, 0.6) is 5.75 Å². The number of nitrogens with zero attached hydrogens (tertiary/aromatic N) is 1. The molecule has 0 unspecified atom stereocenters. The Hall–Kier alpha value is -3.19. The molecule has 2 aromatic carbocycles. The normalized spacial score (nSPS) is 15.0. The summed E-state index contributed by atoms with van der Waals surface area (Å²) in [6.07, 6.45) is 1.68. The number of amides is 1. The number of esters is 1. The second-order valence-corrected chi connectivity index (χ2v) is 6.06. The van der Waals surface area contributed by atoms with Crippen molar-refractivity contribution in [3.63, 3.8) is 0 Å². The first-order valence-corrected chi connectivity index (χ1v) is 8.72. The van der Waals surface area contributed by atoms with E-state index in [9.17, 15) is 9.59 Å². The highest BCUT2D eigenvalue weighted by Gasteiger charge is 2.31. The molecular weight excluding hydrogens is 364 g/mol. The molecule has 1 amide bonds. The van der Waals surface area contributed by atoms with Gasteiger partial charge in [-0.1, -0.05) is 12.1 Å². The molecule has 6 nitrogen and oxygen atoms in total. The van der Waals surface area contributed by atoms with Crippen molar-refractivity contribution >= 4 is 41.0 Å². The number of hydrogen-bond donors (Lipinski definition) is 1. The average molecular weight is 382 g/mol. The quantitative estimate of drug-likeness (QED) is 0.487. The predicted octanol–water partition coefficient (Wildman–Crippen LogP) is 3.13. The Bertz CT molecular complexity index is 905. The van der Waals surface area contributed by atoms with Crippen LogP contribution >= 0.6 is 12.2 Å². The van der Waals surface area contributed by atoms with Crippen LogP contribution in [0.4, 0.5) is 5.69 Å². The first kappa shape index (κ1) is 18.6. The number of carbonyl (C=O) groups excluding carboxylic acids is 2. The second-order valence-electron chi connectivity index (χ2n) is 5.67. The fourth-order valence-corrected chi connectivity index (χ4v) is 2.93. The predicted molar refractivity (Wildman–Crippen MR) is 107 cm³/mol. The number of hydrogen-bond acceptors (Lipinski definition) is 5. The Kier molecular flexibility index (Phi) is 5.52. The summed E-state index contributed by atoms with van der Waals surface area (Å²) in [4.78, 5) is 25.7. The number of anilines is 1. The van der Waals surface area contributed by atoms with Crippen LogP contribution in [0.15, 0.2) is 54.2 Å². The Labute approximate surface area is 162 Å². The van der Waals surface area contributed by atoms with Crippen LogP contribution in [0.1, 0.15) is 22.8 Å². The molecular formula is C20H18N2O4S. The van der Waals surface area contributed by atoms with Gasteiger partial charge in [-0.3, -0.25) is 9.69 Å². The highest BCUT2D eigenvalue weighted by atomic mass is 32.1. The molecule has 1 aliphatic rings. The van der Waals surface area contributed by atoms with Gasteiger partial charge in [-0.2, -0.15) is 0 Å².